The van der Waals surface area contributed by atoms with Crippen molar-refractivity contribution in [3.05, 3.63) is 17.1 Å². The standard InChI is InChI=1S/C13H18N4O/c1-8-10-3-4-11(18)17(2)13(10)16-12(15-8)9-5-6-14-7-9/h9,14H,3-7H2,1-2H3/t9-/m1/s1. The van der Waals surface area contributed by atoms with E-state index in [1.165, 1.54) is 0 Å². The lowest BCUT2D eigenvalue weighted by Crippen LogP contribution is -2.33. The van der Waals surface area contributed by atoms with Crippen LogP contribution < -0.4 is 10.2 Å². The smallest absolute Gasteiger partial charge is 0.228 e. The highest BCUT2D eigenvalue weighted by Crippen LogP contribution is 2.29. The number of nitrogens with one attached hydrogen (secondary N) is 1. The Balaban J connectivity index is 2.04. The van der Waals surface area contributed by atoms with E-state index in [9.17, 15) is 4.79 Å². The van der Waals surface area contributed by atoms with Crippen LogP contribution in [0.15, 0.2) is 0 Å². The third kappa shape index (κ3) is 1.79. The molecule has 1 fully saturated rings. The summed E-state index contributed by atoms with van der Waals surface area (Å²) in [5.41, 5.74) is 2.16. The molecule has 1 N–H and O–H groups in total. The Morgan fingerprint density at radius 2 is 2.17 bits per heavy atom. The topological polar surface area (TPSA) is 58.1 Å². The lowest BCUT2D eigenvalue weighted by molar-refractivity contribution is -0.118. The van der Waals surface area contributed by atoms with Gasteiger partial charge in [-0.05, 0) is 26.3 Å². The molecule has 0 spiro atoms. The summed E-state index contributed by atoms with van der Waals surface area (Å²) in [7, 11) is 1.81. The zero-order valence-corrected chi connectivity index (χ0v) is 10.9. The quantitative estimate of drug-likeness (QED) is 0.795. The Hall–Kier alpha value is -1.49. The minimum absolute atomic E-state index is 0.149. The molecular weight excluding hydrogens is 228 g/mol. The molecule has 3 rings (SSSR count). The van der Waals surface area contributed by atoms with E-state index >= 15 is 0 Å². The number of carbonyl (C=O) groups excluding carboxylic acids is 1. The van der Waals surface area contributed by atoms with Crippen LogP contribution in [-0.4, -0.2) is 36.0 Å². The van der Waals surface area contributed by atoms with Gasteiger partial charge in [-0.3, -0.25) is 9.69 Å². The zero-order valence-electron chi connectivity index (χ0n) is 10.9. The number of nitrogens with zero attached hydrogens (tertiary/aromatic N) is 3. The molecule has 2 aliphatic rings. The molecule has 1 amide bonds. The van der Waals surface area contributed by atoms with Crippen molar-refractivity contribution in [2.45, 2.75) is 32.1 Å². The SMILES string of the molecule is Cc1nc([C@@H]2CCNC2)nc2c1CCC(=O)N2C. The molecule has 5 heteroatoms. The van der Waals surface area contributed by atoms with Crippen LogP contribution in [0.5, 0.6) is 0 Å². The van der Waals surface area contributed by atoms with E-state index in [-0.39, 0.29) is 5.91 Å². The molecule has 0 saturated carbocycles. The van der Waals surface area contributed by atoms with Crippen molar-refractivity contribution >= 4 is 11.7 Å². The molecule has 0 radical (unpaired) electrons. The van der Waals surface area contributed by atoms with Gasteiger partial charge in [0.05, 0.1) is 0 Å². The third-order valence-electron chi connectivity index (χ3n) is 3.92. The van der Waals surface area contributed by atoms with Crippen LogP contribution in [0.4, 0.5) is 5.82 Å². The second kappa shape index (κ2) is 4.31. The lowest BCUT2D eigenvalue weighted by Gasteiger charge is -2.26. The van der Waals surface area contributed by atoms with Crippen LogP contribution in [0.1, 0.15) is 35.8 Å². The molecule has 0 aliphatic carbocycles. The van der Waals surface area contributed by atoms with Gasteiger partial charge < -0.3 is 5.32 Å². The second-order valence-corrected chi connectivity index (χ2v) is 5.11. The Bertz CT molecular complexity index is 494. The molecule has 0 bridgehead atoms. The van der Waals surface area contributed by atoms with Gasteiger partial charge in [0.1, 0.15) is 11.6 Å². The van der Waals surface area contributed by atoms with Crippen LogP contribution in [0.2, 0.25) is 0 Å². The molecule has 0 aromatic carbocycles. The van der Waals surface area contributed by atoms with E-state index in [0.717, 1.165) is 48.8 Å². The van der Waals surface area contributed by atoms with E-state index < -0.39 is 0 Å². The molecule has 5 nitrogen and oxygen atoms in total. The van der Waals surface area contributed by atoms with Gasteiger partial charge in [-0.1, -0.05) is 0 Å². The fourth-order valence-corrected chi connectivity index (χ4v) is 2.75. The molecular formula is C13H18N4O. The van der Waals surface area contributed by atoms with Crippen LogP contribution in [0, 0.1) is 6.92 Å². The number of hydrogen-bond donors (Lipinski definition) is 1. The Morgan fingerprint density at radius 3 is 2.89 bits per heavy atom. The Morgan fingerprint density at radius 1 is 1.33 bits per heavy atom. The summed E-state index contributed by atoms with van der Waals surface area (Å²) >= 11 is 0. The number of aryl methyl sites for hydroxylation is 1. The number of amides is 1. The number of carbonyl (C=O) groups is 1. The van der Waals surface area contributed by atoms with Crippen molar-refractivity contribution in [1.29, 1.82) is 0 Å². The summed E-state index contributed by atoms with van der Waals surface area (Å²) in [5, 5.41) is 3.33. The summed E-state index contributed by atoms with van der Waals surface area (Å²) in [6.07, 6.45) is 2.42. The van der Waals surface area contributed by atoms with Gasteiger partial charge in [-0.2, -0.15) is 0 Å². The van der Waals surface area contributed by atoms with E-state index in [2.05, 4.69) is 15.3 Å². The predicted octanol–water partition coefficient (Wildman–Crippen LogP) is 0.771. The zero-order chi connectivity index (χ0) is 12.7. The van der Waals surface area contributed by atoms with Gasteiger partial charge in [0.2, 0.25) is 5.91 Å². The molecule has 1 saturated heterocycles. The van der Waals surface area contributed by atoms with Gasteiger partial charge in [0.15, 0.2) is 0 Å². The van der Waals surface area contributed by atoms with Gasteiger partial charge in [0, 0.05) is 37.2 Å². The maximum atomic E-state index is 11.8. The van der Waals surface area contributed by atoms with Gasteiger partial charge in [0.25, 0.3) is 0 Å². The molecule has 1 aromatic rings. The number of anilines is 1. The molecule has 3 heterocycles. The minimum Gasteiger partial charge on any atom is -0.316 e. The molecule has 1 aromatic heterocycles. The van der Waals surface area contributed by atoms with Crippen molar-refractivity contribution < 1.29 is 4.79 Å². The average molecular weight is 246 g/mol. The largest absolute Gasteiger partial charge is 0.316 e. The monoisotopic (exact) mass is 246 g/mol. The maximum absolute atomic E-state index is 11.8. The van der Waals surface area contributed by atoms with Crippen LogP contribution in [0.3, 0.4) is 0 Å². The average Bonchev–Trinajstić information content (AvgIpc) is 2.88. The normalized spacial score (nSPS) is 23.3. The first-order valence-electron chi connectivity index (χ1n) is 6.51. The fraction of sp³-hybridized carbons (Fsp3) is 0.615. The lowest BCUT2D eigenvalue weighted by atomic mass is 10.0. The predicted molar refractivity (Wildman–Crippen MR) is 68.7 cm³/mol. The van der Waals surface area contributed by atoms with Crippen molar-refractivity contribution in [1.82, 2.24) is 15.3 Å². The molecule has 18 heavy (non-hydrogen) atoms. The Kier molecular flexibility index (Phi) is 2.78. The number of aromatic nitrogens is 2. The molecule has 0 unspecified atom stereocenters. The highest BCUT2D eigenvalue weighted by atomic mass is 16.2. The fourth-order valence-electron chi connectivity index (χ4n) is 2.75. The van der Waals surface area contributed by atoms with Crippen molar-refractivity contribution in [3.63, 3.8) is 0 Å². The summed E-state index contributed by atoms with van der Waals surface area (Å²) in [4.78, 5) is 22.7. The first kappa shape index (κ1) is 11.6. The highest BCUT2D eigenvalue weighted by molar-refractivity contribution is 5.94. The van der Waals surface area contributed by atoms with Crippen molar-refractivity contribution in [2.75, 3.05) is 25.0 Å². The first-order valence-corrected chi connectivity index (χ1v) is 6.51. The van der Waals surface area contributed by atoms with Gasteiger partial charge in [-0.25, -0.2) is 9.97 Å². The molecule has 2 aliphatic heterocycles. The molecule has 1 atom stereocenters. The van der Waals surface area contributed by atoms with Crippen LogP contribution >= 0.6 is 0 Å². The second-order valence-electron chi connectivity index (χ2n) is 5.11. The van der Waals surface area contributed by atoms with E-state index in [1.54, 1.807) is 4.90 Å². The summed E-state index contributed by atoms with van der Waals surface area (Å²) in [6.45, 7) is 3.99. The van der Waals surface area contributed by atoms with Crippen LogP contribution in [0.25, 0.3) is 0 Å². The summed E-state index contributed by atoms with van der Waals surface area (Å²) < 4.78 is 0. The highest BCUT2D eigenvalue weighted by Gasteiger charge is 2.27. The van der Waals surface area contributed by atoms with Crippen LogP contribution in [-0.2, 0) is 11.2 Å². The van der Waals surface area contributed by atoms with Crippen molar-refractivity contribution in [3.8, 4) is 0 Å². The minimum atomic E-state index is 0.149. The third-order valence-corrected chi connectivity index (χ3v) is 3.92. The van der Waals surface area contributed by atoms with Gasteiger partial charge >= 0.3 is 0 Å². The van der Waals surface area contributed by atoms with E-state index in [4.69, 9.17) is 0 Å². The van der Waals surface area contributed by atoms with E-state index in [0.29, 0.717) is 12.3 Å². The van der Waals surface area contributed by atoms with Gasteiger partial charge in [-0.15, -0.1) is 0 Å². The first-order chi connectivity index (χ1) is 8.66. The molecule has 96 valence electrons. The number of fused-ring (bicyclic) bond motifs is 1. The van der Waals surface area contributed by atoms with E-state index in [1.807, 2.05) is 14.0 Å². The summed E-state index contributed by atoms with van der Waals surface area (Å²) in [5.74, 6) is 2.24. The number of hydrogen-bond acceptors (Lipinski definition) is 4. The summed E-state index contributed by atoms with van der Waals surface area (Å²) in [6, 6.07) is 0. The Labute approximate surface area is 107 Å². The maximum Gasteiger partial charge on any atom is 0.228 e. The number of rotatable bonds is 1. The van der Waals surface area contributed by atoms with Crippen molar-refractivity contribution in [2.24, 2.45) is 0 Å².